The van der Waals surface area contributed by atoms with Crippen molar-refractivity contribution in [1.29, 1.82) is 0 Å². The molecule has 0 radical (unpaired) electrons. The van der Waals surface area contributed by atoms with Gasteiger partial charge in [-0.25, -0.2) is 0 Å². The standard InChI is InChI=1S/C20H26N4OS/c1-21-20(22-11-10-18-9-4-12-26-18)23-14-15-5-2-8-17(13-15)24-19(25)16-6-3-7-16/h2,4-5,8-9,12-13,16H,3,6-7,10-11,14H2,1H3,(H,24,25)(H2,21,22,23). The zero-order chi connectivity index (χ0) is 18.2. The maximum Gasteiger partial charge on any atom is 0.227 e. The van der Waals surface area contributed by atoms with E-state index in [-0.39, 0.29) is 11.8 Å². The summed E-state index contributed by atoms with van der Waals surface area (Å²) >= 11 is 1.77. The highest BCUT2D eigenvalue weighted by Crippen LogP contribution is 2.27. The molecule has 1 aliphatic rings. The van der Waals surface area contributed by atoms with Crippen LogP contribution < -0.4 is 16.0 Å². The molecule has 6 heteroatoms. The lowest BCUT2D eigenvalue weighted by molar-refractivity contribution is -0.122. The Labute approximate surface area is 158 Å². The van der Waals surface area contributed by atoms with E-state index in [0.717, 1.165) is 43.0 Å². The molecular weight excluding hydrogens is 344 g/mol. The smallest absolute Gasteiger partial charge is 0.227 e. The Morgan fingerprint density at radius 3 is 2.81 bits per heavy atom. The Hall–Kier alpha value is -2.34. The number of guanidine groups is 1. The van der Waals surface area contributed by atoms with Crippen molar-refractivity contribution < 1.29 is 4.79 Å². The van der Waals surface area contributed by atoms with Crippen LogP contribution in [-0.4, -0.2) is 25.5 Å². The molecule has 1 amide bonds. The third kappa shape index (κ3) is 5.33. The van der Waals surface area contributed by atoms with E-state index in [1.165, 1.54) is 11.3 Å². The minimum absolute atomic E-state index is 0.146. The number of thiophene rings is 1. The molecule has 26 heavy (non-hydrogen) atoms. The molecule has 0 unspecified atom stereocenters. The summed E-state index contributed by atoms with van der Waals surface area (Å²) in [6.45, 7) is 1.50. The number of benzene rings is 1. The minimum atomic E-state index is 0.146. The summed E-state index contributed by atoms with van der Waals surface area (Å²) in [5.41, 5.74) is 1.97. The first-order valence-electron chi connectivity index (χ1n) is 9.11. The molecule has 2 aromatic rings. The Kier molecular flexibility index (Phi) is 6.66. The highest BCUT2D eigenvalue weighted by atomic mass is 32.1. The first kappa shape index (κ1) is 18.5. The number of aliphatic imine (C=N–C) groups is 1. The van der Waals surface area contributed by atoms with Crippen molar-refractivity contribution in [2.45, 2.75) is 32.2 Å². The van der Waals surface area contributed by atoms with Crippen LogP contribution in [0.2, 0.25) is 0 Å². The zero-order valence-electron chi connectivity index (χ0n) is 15.1. The number of hydrogen-bond acceptors (Lipinski definition) is 3. The fraction of sp³-hybridized carbons (Fsp3) is 0.400. The average Bonchev–Trinajstić information content (AvgIpc) is 3.10. The topological polar surface area (TPSA) is 65.5 Å². The highest BCUT2D eigenvalue weighted by molar-refractivity contribution is 7.09. The van der Waals surface area contributed by atoms with Gasteiger partial charge in [0.2, 0.25) is 5.91 Å². The van der Waals surface area contributed by atoms with Gasteiger partial charge >= 0.3 is 0 Å². The number of anilines is 1. The fourth-order valence-electron chi connectivity index (χ4n) is 2.84. The van der Waals surface area contributed by atoms with Crippen LogP contribution in [-0.2, 0) is 17.8 Å². The number of rotatable bonds is 7. The minimum Gasteiger partial charge on any atom is -0.356 e. The predicted molar refractivity (Wildman–Crippen MR) is 109 cm³/mol. The third-order valence-electron chi connectivity index (χ3n) is 4.60. The molecule has 3 rings (SSSR count). The molecule has 0 saturated heterocycles. The van der Waals surface area contributed by atoms with E-state index in [4.69, 9.17) is 0 Å². The van der Waals surface area contributed by atoms with Crippen LogP contribution in [0.15, 0.2) is 46.8 Å². The fourth-order valence-corrected chi connectivity index (χ4v) is 3.55. The number of hydrogen-bond donors (Lipinski definition) is 3. The van der Waals surface area contributed by atoms with E-state index in [1.807, 2.05) is 24.3 Å². The number of carbonyl (C=O) groups is 1. The summed E-state index contributed by atoms with van der Waals surface area (Å²) in [5, 5.41) is 11.8. The summed E-state index contributed by atoms with van der Waals surface area (Å²) in [6, 6.07) is 12.2. The summed E-state index contributed by atoms with van der Waals surface area (Å²) in [4.78, 5) is 17.7. The molecule has 0 spiro atoms. The molecular formula is C20H26N4OS. The normalized spacial score (nSPS) is 14.6. The highest BCUT2D eigenvalue weighted by Gasteiger charge is 2.25. The summed E-state index contributed by atoms with van der Waals surface area (Å²) in [6.07, 6.45) is 4.18. The van der Waals surface area contributed by atoms with Gasteiger partial charge in [0.15, 0.2) is 5.96 Å². The van der Waals surface area contributed by atoms with Crippen LogP contribution in [0.5, 0.6) is 0 Å². The second kappa shape index (κ2) is 9.38. The van der Waals surface area contributed by atoms with Crippen molar-refractivity contribution in [3.05, 3.63) is 52.2 Å². The molecule has 1 aromatic carbocycles. The monoisotopic (exact) mass is 370 g/mol. The van der Waals surface area contributed by atoms with Crippen LogP contribution >= 0.6 is 11.3 Å². The van der Waals surface area contributed by atoms with Gasteiger partial charge in [-0.1, -0.05) is 24.6 Å². The number of amides is 1. The van der Waals surface area contributed by atoms with Gasteiger partial charge in [0.1, 0.15) is 0 Å². The van der Waals surface area contributed by atoms with E-state index < -0.39 is 0 Å². The molecule has 138 valence electrons. The summed E-state index contributed by atoms with van der Waals surface area (Å²) in [7, 11) is 1.77. The van der Waals surface area contributed by atoms with Crippen molar-refractivity contribution in [2.24, 2.45) is 10.9 Å². The number of nitrogens with one attached hydrogen (secondary N) is 3. The molecule has 3 N–H and O–H groups in total. The summed E-state index contributed by atoms with van der Waals surface area (Å²) in [5.74, 6) is 1.13. The summed E-state index contributed by atoms with van der Waals surface area (Å²) < 4.78 is 0. The van der Waals surface area contributed by atoms with Gasteiger partial charge in [-0.2, -0.15) is 0 Å². The van der Waals surface area contributed by atoms with Gasteiger partial charge in [-0.15, -0.1) is 11.3 Å². The molecule has 5 nitrogen and oxygen atoms in total. The quantitative estimate of drug-likeness (QED) is 0.517. The molecule has 0 bridgehead atoms. The number of nitrogens with zero attached hydrogens (tertiary/aromatic N) is 1. The number of carbonyl (C=O) groups excluding carboxylic acids is 1. The molecule has 1 fully saturated rings. The van der Waals surface area contributed by atoms with E-state index in [1.54, 1.807) is 18.4 Å². The van der Waals surface area contributed by atoms with Gasteiger partial charge < -0.3 is 16.0 Å². The molecule has 1 heterocycles. The largest absolute Gasteiger partial charge is 0.356 e. The lowest BCUT2D eigenvalue weighted by Gasteiger charge is -2.24. The molecule has 1 aliphatic carbocycles. The Bertz CT molecular complexity index is 738. The van der Waals surface area contributed by atoms with E-state index in [2.05, 4.69) is 38.5 Å². The van der Waals surface area contributed by atoms with Crippen LogP contribution in [0.4, 0.5) is 5.69 Å². The van der Waals surface area contributed by atoms with Gasteiger partial charge in [0.05, 0.1) is 0 Å². The molecule has 1 aromatic heterocycles. The lowest BCUT2D eigenvalue weighted by Crippen LogP contribution is -2.37. The zero-order valence-corrected chi connectivity index (χ0v) is 15.9. The Morgan fingerprint density at radius 2 is 2.12 bits per heavy atom. The maximum absolute atomic E-state index is 12.1. The molecule has 0 atom stereocenters. The Balaban J connectivity index is 1.45. The van der Waals surface area contributed by atoms with Gasteiger partial charge in [-0.05, 0) is 48.4 Å². The SMILES string of the molecule is CN=C(NCCc1cccs1)NCc1cccc(NC(=O)C2CCC2)c1. The average molecular weight is 371 g/mol. The third-order valence-corrected chi connectivity index (χ3v) is 5.53. The first-order chi connectivity index (χ1) is 12.7. The van der Waals surface area contributed by atoms with Crippen molar-refractivity contribution >= 4 is 28.9 Å². The molecule has 0 aliphatic heterocycles. The predicted octanol–water partition coefficient (Wildman–Crippen LogP) is 3.39. The van der Waals surface area contributed by atoms with Crippen molar-refractivity contribution in [2.75, 3.05) is 18.9 Å². The maximum atomic E-state index is 12.1. The second-order valence-corrected chi connectivity index (χ2v) is 7.53. The van der Waals surface area contributed by atoms with Crippen molar-refractivity contribution in [3.8, 4) is 0 Å². The van der Waals surface area contributed by atoms with Crippen LogP contribution in [0.3, 0.4) is 0 Å². The molecule has 1 saturated carbocycles. The first-order valence-corrected chi connectivity index (χ1v) is 9.99. The van der Waals surface area contributed by atoms with E-state index >= 15 is 0 Å². The van der Waals surface area contributed by atoms with E-state index in [9.17, 15) is 4.79 Å². The van der Waals surface area contributed by atoms with Gasteiger partial charge in [0, 0.05) is 36.6 Å². The van der Waals surface area contributed by atoms with E-state index in [0.29, 0.717) is 6.54 Å². The van der Waals surface area contributed by atoms with Crippen molar-refractivity contribution in [1.82, 2.24) is 10.6 Å². The van der Waals surface area contributed by atoms with Gasteiger partial charge in [0.25, 0.3) is 0 Å². The van der Waals surface area contributed by atoms with Crippen molar-refractivity contribution in [3.63, 3.8) is 0 Å². The van der Waals surface area contributed by atoms with Gasteiger partial charge in [-0.3, -0.25) is 9.79 Å². The lowest BCUT2D eigenvalue weighted by atomic mass is 9.85. The van der Waals surface area contributed by atoms with Crippen LogP contribution in [0.1, 0.15) is 29.7 Å². The second-order valence-electron chi connectivity index (χ2n) is 6.50. The Morgan fingerprint density at radius 1 is 1.23 bits per heavy atom. The van der Waals surface area contributed by atoms with Crippen LogP contribution in [0.25, 0.3) is 0 Å². The van der Waals surface area contributed by atoms with Crippen LogP contribution in [0, 0.1) is 5.92 Å².